The summed E-state index contributed by atoms with van der Waals surface area (Å²) in [4.78, 5) is 0.0540. The van der Waals surface area contributed by atoms with Crippen molar-refractivity contribution >= 4 is 10.0 Å². The second-order valence-electron chi connectivity index (χ2n) is 5.03. The van der Waals surface area contributed by atoms with Crippen LogP contribution < -0.4 is 5.32 Å². The Morgan fingerprint density at radius 3 is 2.40 bits per heavy atom. The molecular weight excluding hydrogens is 279 g/mol. The molecule has 1 rings (SSSR count). The van der Waals surface area contributed by atoms with Gasteiger partial charge in [0.2, 0.25) is 10.0 Å². The second kappa shape index (κ2) is 6.65. The molecule has 0 heterocycles. The average molecular weight is 302 g/mol. The number of nitrogens with zero attached hydrogens (tertiary/aromatic N) is 1. The van der Waals surface area contributed by atoms with Gasteiger partial charge in [-0.3, -0.25) is 0 Å². The molecule has 0 aliphatic heterocycles. The summed E-state index contributed by atoms with van der Waals surface area (Å²) in [5.41, 5.74) is 0.790. The third kappa shape index (κ3) is 3.37. The molecule has 1 aromatic carbocycles. The van der Waals surface area contributed by atoms with Crippen LogP contribution in [0.15, 0.2) is 17.0 Å². The quantitative estimate of drug-likeness (QED) is 0.877. The highest BCUT2D eigenvalue weighted by Gasteiger charge is 2.28. The Hall–Kier alpha value is -0.980. The Kier molecular flexibility index (Phi) is 5.68. The molecule has 4 nitrogen and oxygen atoms in total. The number of nitrogens with one attached hydrogen (secondary N) is 1. The molecule has 114 valence electrons. The molecule has 0 amide bonds. The second-order valence-corrected chi connectivity index (χ2v) is 6.89. The van der Waals surface area contributed by atoms with Crippen molar-refractivity contribution < 1.29 is 12.8 Å². The molecule has 1 N–H and O–H groups in total. The number of halogens is 1. The zero-order chi connectivity index (χ0) is 15.5. The molecule has 0 bridgehead atoms. The van der Waals surface area contributed by atoms with Crippen molar-refractivity contribution in [3.05, 3.63) is 29.1 Å². The van der Waals surface area contributed by atoms with Crippen LogP contribution in [0.5, 0.6) is 0 Å². The van der Waals surface area contributed by atoms with Crippen LogP contribution in [0.1, 0.15) is 31.9 Å². The van der Waals surface area contributed by atoms with E-state index in [1.807, 2.05) is 13.8 Å². The summed E-state index contributed by atoms with van der Waals surface area (Å²) < 4.78 is 40.7. The first kappa shape index (κ1) is 17.1. The summed E-state index contributed by atoms with van der Waals surface area (Å²) in [6.45, 7) is 7.68. The predicted octanol–water partition coefficient (Wildman–Crippen LogP) is 2.27. The maximum Gasteiger partial charge on any atom is 0.243 e. The maximum atomic E-state index is 14.0. The van der Waals surface area contributed by atoms with E-state index in [0.717, 1.165) is 0 Å². The van der Waals surface area contributed by atoms with E-state index >= 15 is 0 Å². The third-order valence-electron chi connectivity index (χ3n) is 3.21. The van der Waals surface area contributed by atoms with Crippen molar-refractivity contribution in [2.45, 2.75) is 45.2 Å². The van der Waals surface area contributed by atoms with Crippen molar-refractivity contribution in [3.63, 3.8) is 0 Å². The van der Waals surface area contributed by atoms with Gasteiger partial charge >= 0.3 is 0 Å². The summed E-state index contributed by atoms with van der Waals surface area (Å²) in [6, 6.07) is 2.76. The Balaban J connectivity index is 3.44. The third-order valence-corrected chi connectivity index (χ3v) is 5.49. The average Bonchev–Trinajstić information content (AvgIpc) is 2.33. The number of rotatable bonds is 6. The monoisotopic (exact) mass is 302 g/mol. The summed E-state index contributed by atoms with van der Waals surface area (Å²) >= 11 is 0. The van der Waals surface area contributed by atoms with Gasteiger partial charge in [0, 0.05) is 24.7 Å². The van der Waals surface area contributed by atoms with Crippen LogP contribution in [0.3, 0.4) is 0 Å². The first-order valence-electron chi connectivity index (χ1n) is 6.71. The Bertz CT molecular complexity index is 571. The van der Waals surface area contributed by atoms with Gasteiger partial charge in [-0.25, -0.2) is 12.8 Å². The maximum absolute atomic E-state index is 14.0. The minimum absolute atomic E-state index is 0.0540. The van der Waals surface area contributed by atoms with Crippen molar-refractivity contribution in [2.24, 2.45) is 0 Å². The van der Waals surface area contributed by atoms with E-state index < -0.39 is 15.8 Å². The number of sulfonamides is 1. The lowest BCUT2D eigenvalue weighted by molar-refractivity contribution is 0.368. The molecule has 0 radical (unpaired) electrons. The summed E-state index contributed by atoms with van der Waals surface area (Å²) in [7, 11) is -1.94. The number of hydrogen-bond acceptors (Lipinski definition) is 3. The molecule has 1 aromatic rings. The summed E-state index contributed by atoms with van der Waals surface area (Å²) in [6.07, 6.45) is 0. The fourth-order valence-electron chi connectivity index (χ4n) is 2.22. The molecule has 0 atom stereocenters. The molecule has 0 fully saturated rings. The normalized spacial score (nSPS) is 12.4. The van der Waals surface area contributed by atoms with Crippen molar-refractivity contribution in [3.8, 4) is 0 Å². The van der Waals surface area contributed by atoms with Crippen LogP contribution in [0.4, 0.5) is 4.39 Å². The van der Waals surface area contributed by atoms with Gasteiger partial charge in [-0.15, -0.1) is 0 Å². The van der Waals surface area contributed by atoms with E-state index in [0.29, 0.717) is 18.7 Å². The van der Waals surface area contributed by atoms with E-state index in [1.54, 1.807) is 20.0 Å². The van der Waals surface area contributed by atoms with Gasteiger partial charge in [-0.05, 0) is 45.5 Å². The molecule has 0 aliphatic carbocycles. The van der Waals surface area contributed by atoms with Gasteiger partial charge in [0.25, 0.3) is 0 Å². The van der Waals surface area contributed by atoms with Gasteiger partial charge in [0.1, 0.15) is 5.82 Å². The number of benzene rings is 1. The highest BCUT2D eigenvalue weighted by Crippen LogP contribution is 2.25. The first-order chi connectivity index (χ1) is 9.25. The van der Waals surface area contributed by atoms with Gasteiger partial charge in [-0.1, -0.05) is 6.92 Å². The summed E-state index contributed by atoms with van der Waals surface area (Å²) in [5.74, 6) is -0.490. The molecule has 0 saturated carbocycles. The largest absolute Gasteiger partial charge is 0.316 e. The van der Waals surface area contributed by atoms with Gasteiger partial charge in [-0.2, -0.15) is 4.31 Å². The van der Waals surface area contributed by atoms with E-state index in [9.17, 15) is 12.8 Å². The summed E-state index contributed by atoms with van der Waals surface area (Å²) in [5, 5.41) is 2.90. The van der Waals surface area contributed by atoms with Gasteiger partial charge in [0.05, 0.1) is 4.90 Å². The van der Waals surface area contributed by atoms with E-state index in [4.69, 9.17) is 0 Å². The van der Waals surface area contributed by atoms with Gasteiger partial charge in [0.15, 0.2) is 0 Å². The highest BCUT2D eigenvalue weighted by molar-refractivity contribution is 7.89. The Labute approximate surface area is 121 Å². The minimum atomic E-state index is -3.68. The van der Waals surface area contributed by atoms with Crippen LogP contribution in [0.2, 0.25) is 0 Å². The lowest BCUT2D eigenvalue weighted by atomic mass is 10.1. The molecule has 0 aromatic heterocycles. The number of hydrogen-bond donors (Lipinski definition) is 1. The first-order valence-corrected chi connectivity index (χ1v) is 8.15. The van der Waals surface area contributed by atoms with E-state index in [2.05, 4.69) is 5.32 Å². The van der Waals surface area contributed by atoms with Crippen LogP contribution in [0.25, 0.3) is 0 Å². The molecule has 0 saturated heterocycles. The SMILES string of the molecule is CCN(C(C)C)S(=O)(=O)c1cc(CNC)cc(F)c1C. The standard InChI is InChI=1S/C14H23FN2O2S/c1-6-17(10(2)3)20(18,19)14-8-12(9-16-5)7-13(15)11(14)4/h7-8,10,16H,6,9H2,1-5H3. The molecule has 0 unspecified atom stereocenters. The topological polar surface area (TPSA) is 49.4 Å². The van der Waals surface area contributed by atoms with Gasteiger partial charge < -0.3 is 5.32 Å². The molecular formula is C14H23FN2O2S. The fraction of sp³-hybridized carbons (Fsp3) is 0.571. The molecule has 0 aliphatic rings. The van der Waals surface area contributed by atoms with Crippen LogP contribution in [-0.2, 0) is 16.6 Å². The molecule has 6 heteroatoms. The van der Waals surface area contributed by atoms with Crippen LogP contribution >= 0.6 is 0 Å². The van der Waals surface area contributed by atoms with Crippen molar-refractivity contribution in [1.82, 2.24) is 9.62 Å². The minimum Gasteiger partial charge on any atom is -0.316 e. The molecule has 0 spiro atoms. The lowest BCUT2D eigenvalue weighted by Crippen LogP contribution is -2.37. The van der Waals surface area contributed by atoms with Crippen LogP contribution in [0, 0.1) is 12.7 Å². The van der Waals surface area contributed by atoms with E-state index in [1.165, 1.54) is 17.3 Å². The van der Waals surface area contributed by atoms with E-state index in [-0.39, 0.29) is 16.5 Å². The van der Waals surface area contributed by atoms with Crippen molar-refractivity contribution in [2.75, 3.05) is 13.6 Å². The Morgan fingerprint density at radius 1 is 1.35 bits per heavy atom. The lowest BCUT2D eigenvalue weighted by Gasteiger charge is -2.25. The zero-order valence-electron chi connectivity index (χ0n) is 12.7. The Morgan fingerprint density at radius 2 is 1.95 bits per heavy atom. The predicted molar refractivity (Wildman–Crippen MR) is 78.6 cm³/mol. The fourth-order valence-corrected chi connectivity index (χ4v) is 4.15. The highest BCUT2D eigenvalue weighted by atomic mass is 32.2. The van der Waals surface area contributed by atoms with Crippen LogP contribution in [-0.4, -0.2) is 32.4 Å². The smallest absolute Gasteiger partial charge is 0.243 e. The zero-order valence-corrected chi connectivity index (χ0v) is 13.5. The van der Waals surface area contributed by atoms with Crippen molar-refractivity contribution in [1.29, 1.82) is 0 Å². The molecule has 20 heavy (non-hydrogen) atoms.